The Kier molecular flexibility index (Phi) is 3.32. The van der Waals surface area contributed by atoms with Crippen LogP contribution in [0.15, 0.2) is 12.4 Å². The zero-order valence-corrected chi connectivity index (χ0v) is 12.6. The second-order valence-corrected chi connectivity index (χ2v) is 6.45. The van der Waals surface area contributed by atoms with Crippen molar-refractivity contribution in [2.24, 2.45) is 0 Å². The van der Waals surface area contributed by atoms with Gasteiger partial charge in [0, 0.05) is 31.4 Å². The third-order valence-corrected chi connectivity index (χ3v) is 4.82. The molecule has 2 saturated heterocycles. The second-order valence-electron chi connectivity index (χ2n) is 6.45. The molecule has 3 aliphatic rings. The molecule has 1 aromatic heterocycles. The molecule has 2 aliphatic heterocycles. The van der Waals surface area contributed by atoms with Crippen molar-refractivity contribution in [3.05, 3.63) is 23.8 Å². The second kappa shape index (κ2) is 5.34. The number of carbonyl (C=O) groups excluding carboxylic acids is 2. The Bertz CT molecular complexity index is 573. The molecule has 0 N–H and O–H groups in total. The van der Waals surface area contributed by atoms with Gasteiger partial charge in [-0.3, -0.25) is 9.69 Å². The normalized spacial score (nSPS) is 24.8. The van der Waals surface area contributed by atoms with E-state index in [1.165, 1.54) is 17.7 Å². The van der Waals surface area contributed by atoms with Gasteiger partial charge in [-0.15, -0.1) is 0 Å². The number of hydrogen-bond donors (Lipinski definition) is 0. The third kappa shape index (κ3) is 2.36. The van der Waals surface area contributed by atoms with E-state index in [4.69, 9.17) is 0 Å². The van der Waals surface area contributed by atoms with Crippen LogP contribution in [0.3, 0.4) is 0 Å². The minimum Gasteiger partial charge on any atom is -0.312 e. The van der Waals surface area contributed by atoms with Crippen LogP contribution in [-0.2, 0) is 11.2 Å². The van der Waals surface area contributed by atoms with Crippen LogP contribution in [0.25, 0.3) is 0 Å². The number of rotatable bonds is 4. The van der Waals surface area contributed by atoms with Crippen molar-refractivity contribution in [2.75, 3.05) is 13.1 Å². The molecule has 116 valence electrons. The van der Waals surface area contributed by atoms with Crippen molar-refractivity contribution >= 4 is 11.9 Å². The zero-order chi connectivity index (χ0) is 15.1. The fraction of sp³-hybridized carbons (Fsp3) is 0.625. The molecule has 3 heterocycles. The summed E-state index contributed by atoms with van der Waals surface area (Å²) < 4.78 is 0. The summed E-state index contributed by atoms with van der Waals surface area (Å²) in [6.07, 6.45) is 9.51. The quantitative estimate of drug-likeness (QED) is 0.794. The molecule has 1 aromatic rings. The molecule has 0 spiro atoms. The molecule has 22 heavy (non-hydrogen) atoms. The first-order valence-electron chi connectivity index (χ1n) is 8.17. The van der Waals surface area contributed by atoms with Crippen molar-refractivity contribution in [3.8, 4) is 0 Å². The van der Waals surface area contributed by atoms with Crippen LogP contribution >= 0.6 is 0 Å². The molecule has 0 aromatic carbocycles. The standard InChI is InChI=1S/C16H20N4O2/c21-15-13-3-1-2-7-19(13)16(22)20(15)8-6-11-9-17-14(18-10-11)12-4-5-12/h9-10,12-13H,1-8H2/t13-/m0/s1. The van der Waals surface area contributed by atoms with E-state index in [0.29, 0.717) is 25.4 Å². The molecule has 1 aliphatic carbocycles. The van der Waals surface area contributed by atoms with Gasteiger partial charge in [-0.2, -0.15) is 0 Å². The Balaban J connectivity index is 1.40. The highest BCUT2D eigenvalue weighted by molar-refractivity contribution is 6.04. The summed E-state index contributed by atoms with van der Waals surface area (Å²) in [5, 5.41) is 0. The van der Waals surface area contributed by atoms with E-state index in [9.17, 15) is 9.59 Å². The van der Waals surface area contributed by atoms with Gasteiger partial charge in [0.15, 0.2) is 0 Å². The molecule has 4 rings (SSSR count). The lowest BCUT2D eigenvalue weighted by Gasteiger charge is -2.26. The Morgan fingerprint density at radius 1 is 1.09 bits per heavy atom. The highest BCUT2D eigenvalue weighted by atomic mass is 16.2. The maximum Gasteiger partial charge on any atom is 0.327 e. The fourth-order valence-electron chi connectivity index (χ4n) is 3.34. The van der Waals surface area contributed by atoms with Gasteiger partial charge in [-0.05, 0) is 44.1 Å². The average molecular weight is 300 g/mol. The van der Waals surface area contributed by atoms with Crippen LogP contribution in [-0.4, -0.2) is 50.8 Å². The van der Waals surface area contributed by atoms with Crippen LogP contribution in [0, 0.1) is 0 Å². The van der Waals surface area contributed by atoms with E-state index in [1.54, 1.807) is 4.90 Å². The maximum atomic E-state index is 12.4. The van der Waals surface area contributed by atoms with Gasteiger partial charge >= 0.3 is 6.03 Å². The Morgan fingerprint density at radius 3 is 2.55 bits per heavy atom. The number of amides is 3. The van der Waals surface area contributed by atoms with Gasteiger partial charge in [0.25, 0.3) is 5.91 Å². The number of nitrogens with zero attached hydrogens (tertiary/aromatic N) is 4. The summed E-state index contributed by atoms with van der Waals surface area (Å²) >= 11 is 0. The SMILES string of the molecule is O=C1[C@@H]2CCCCN2C(=O)N1CCc1cnc(C2CC2)nc1. The van der Waals surface area contributed by atoms with E-state index < -0.39 is 0 Å². The highest BCUT2D eigenvalue weighted by Gasteiger charge is 2.45. The molecule has 0 radical (unpaired) electrons. The van der Waals surface area contributed by atoms with Gasteiger partial charge in [0.2, 0.25) is 0 Å². The number of piperidine rings is 1. The number of urea groups is 1. The van der Waals surface area contributed by atoms with Crippen LogP contribution in [0.1, 0.15) is 49.4 Å². The topological polar surface area (TPSA) is 66.4 Å². The maximum absolute atomic E-state index is 12.4. The predicted molar refractivity (Wildman–Crippen MR) is 79.2 cm³/mol. The van der Waals surface area contributed by atoms with Crippen molar-refractivity contribution in [1.82, 2.24) is 19.8 Å². The van der Waals surface area contributed by atoms with Crippen molar-refractivity contribution < 1.29 is 9.59 Å². The summed E-state index contributed by atoms with van der Waals surface area (Å²) in [5.74, 6) is 1.45. The van der Waals surface area contributed by atoms with Crippen molar-refractivity contribution in [3.63, 3.8) is 0 Å². The van der Waals surface area contributed by atoms with E-state index in [0.717, 1.165) is 30.7 Å². The van der Waals surface area contributed by atoms with E-state index in [2.05, 4.69) is 9.97 Å². The molecule has 0 unspecified atom stereocenters. The van der Waals surface area contributed by atoms with Crippen LogP contribution in [0.2, 0.25) is 0 Å². The Morgan fingerprint density at radius 2 is 1.86 bits per heavy atom. The first-order chi connectivity index (χ1) is 10.7. The first kappa shape index (κ1) is 13.7. The molecule has 0 bridgehead atoms. The van der Waals surface area contributed by atoms with Gasteiger partial charge in [-0.25, -0.2) is 14.8 Å². The molecule has 6 nitrogen and oxygen atoms in total. The molecule has 3 fully saturated rings. The molecule has 6 heteroatoms. The third-order valence-electron chi connectivity index (χ3n) is 4.82. The minimum atomic E-state index is -0.213. The van der Waals surface area contributed by atoms with Crippen molar-refractivity contribution in [1.29, 1.82) is 0 Å². The lowest BCUT2D eigenvalue weighted by atomic mass is 10.0. The van der Waals surface area contributed by atoms with Crippen LogP contribution in [0.4, 0.5) is 4.79 Å². The van der Waals surface area contributed by atoms with Crippen LogP contribution < -0.4 is 0 Å². The summed E-state index contributed by atoms with van der Waals surface area (Å²) in [4.78, 5) is 36.6. The molecule has 3 amide bonds. The number of hydrogen-bond acceptors (Lipinski definition) is 4. The smallest absolute Gasteiger partial charge is 0.312 e. The number of aromatic nitrogens is 2. The van der Waals surface area contributed by atoms with Gasteiger partial charge in [0.05, 0.1) is 0 Å². The summed E-state index contributed by atoms with van der Waals surface area (Å²) in [5.41, 5.74) is 0.981. The Hall–Kier alpha value is -1.98. The predicted octanol–water partition coefficient (Wildman–Crippen LogP) is 1.71. The molecular weight excluding hydrogens is 280 g/mol. The molecule has 1 saturated carbocycles. The Labute approximate surface area is 129 Å². The van der Waals surface area contributed by atoms with Crippen molar-refractivity contribution in [2.45, 2.75) is 50.5 Å². The number of carbonyl (C=O) groups is 2. The minimum absolute atomic E-state index is 0.0276. The fourth-order valence-corrected chi connectivity index (χ4v) is 3.34. The molecule has 1 atom stereocenters. The van der Waals surface area contributed by atoms with Gasteiger partial charge in [0.1, 0.15) is 11.9 Å². The van der Waals surface area contributed by atoms with E-state index in [1.807, 2.05) is 12.4 Å². The largest absolute Gasteiger partial charge is 0.327 e. The lowest BCUT2D eigenvalue weighted by molar-refractivity contribution is -0.128. The first-order valence-corrected chi connectivity index (χ1v) is 8.17. The number of imide groups is 1. The van der Waals surface area contributed by atoms with Crippen LogP contribution in [0.5, 0.6) is 0 Å². The number of fused-ring (bicyclic) bond motifs is 1. The summed E-state index contributed by atoms with van der Waals surface area (Å²) in [7, 11) is 0. The van der Waals surface area contributed by atoms with Gasteiger partial charge in [-0.1, -0.05) is 0 Å². The highest BCUT2D eigenvalue weighted by Crippen LogP contribution is 2.37. The summed E-state index contributed by atoms with van der Waals surface area (Å²) in [6, 6.07) is -0.333. The lowest BCUT2D eigenvalue weighted by Crippen LogP contribution is -2.39. The van der Waals surface area contributed by atoms with E-state index in [-0.39, 0.29) is 18.0 Å². The monoisotopic (exact) mass is 300 g/mol. The average Bonchev–Trinajstić information content (AvgIpc) is 3.37. The van der Waals surface area contributed by atoms with E-state index >= 15 is 0 Å². The zero-order valence-electron chi connectivity index (χ0n) is 12.6. The van der Waals surface area contributed by atoms with Gasteiger partial charge < -0.3 is 4.90 Å². The molecular formula is C16H20N4O2. The summed E-state index contributed by atoms with van der Waals surface area (Å²) in [6.45, 7) is 1.14.